The number of nitrogens with zero attached hydrogens (tertiary/aromatic N) is 7. The minimum Gasteiger partial charge on any atom is -0.384 e. The molecule has 1 aromatic carbocycles. The van der Waals surface area contributed by atoms with E-state index in [1.807, 2.05) is 12.1 Å². The second-order valence-electron chi connectivity index (χ2n) is 10.8. The lowest BCUT2D eigenvalue weighted by atomic mass is 10.1. The Morgan fingerprint density at radius 2 is 1.82 bits per heavy atom. The average molecular weight is 527 g/mol. The predicted octanol–water partition coefficient (Wildman–Crippen LogP) is 3.42. The van der Waals surface area contributed by atoms with Crippen LogP contribution >= 0.6 is 0 Å². The van der Waals surface area contributed by atoms with Crippen molar-refractivity contribution in [2.24, 2.45) is 0 Å². The van der Waals surface area contributed by atoms with Gasteiger partial charge in [0.25, 0.3) is 5.56 Å². The Morgan fingerprint density at radius 1 is 1.08 bits per heavy atom. The van der Waals surface area contributed by atoms with E-state index in [0.717, 1.165) is 37.9 Å². The number of allylic oxidation sites excluding steroid dienone is 1. The molecule has 39 heavy (non-hydrogen) atoms. The molecule has 1 aliphatic carbocycles. The van der Waals surface area contributed by atoms with Gasteiger partial charge in [0.15, 0.2) is 11.5 Å². The molecule has 3 aromatic heterocycles. The van der Waals surface area contributed by atoms with Gasteiger partial charge in [-0.2, -0.15) is 4.98 Å². The topological polar surface area (TPSA) is 104 Å². The minimum absolute atomic E-state index is 0.238. The van der Waals surface area contributed by atoms with E-state index >= 15 is 0 Å². The van der Waals surface area contributed by atoms with E-state index < -0.39 is 5.60 Å². The Morgan fingerprint density at radius 3 is 2.49 bits per heavy atom. The molecular weight excluding hydrogens is 492 g/mol. The highest BCUT2D eigenvalue weighted by Gasteiger charge is 2.31. The fraction of sp³-hybridized carbons (Fsp3) is 0.379. The first-order chi connectivity index (χ1) is 18.8. The molecule has 0 bridgehead atoms. The molecule has 4 aromatic rings. The van der Waals surface area contributed by atoms with Gasteiger partial charge < -0.3 is 15.3 Å². The highest BCUT2D eigenvalue weighted by atomic mass is 16.3. The van der Waals surface area contributed by atoms with Gasteiger partial charge in [-0.1, -0.05) is 12.1 Å². The van der Waals surface area contributed by atoms with Crippen molar-refractivity contribution in [1.29, 1.82) is 0 Å². The Bertz CT molecular complexity index is 1560. The van der Waals surface area contributed by atoms with Crippen molar-refractivity contribution >= 4 is 28.4 Å². The summed E-state index contributed by atoms with van der Waals surface area (Å²) in [5, 5.41) is 14.2. The number of piperazine rings is 1. The van der Waals surface area contributed by atoms with Crippen molar-refractivity contribution in [3.05, 3.63) is 77.4 Å². The average Bonchev–Trinajstić information content (AvgIpc) is 3.75. The summed E-state index contributed by atoms with van der Waals surface area (Å²) >= 11 is 0. The number of aliphatic hydroxyl groups is 1. The molecule has 0 unspecified atom stereocenters. The first kappa shape index (κ1) is 25.3. The van der Waals surface area contributed by atoms with Crippen LogP contribution in [0.5, 0.6) is 0 Å². The van der Waals surface area contributed by atoms with Crippen LogP contribution in [0.25, 0.3) is 16.9 Å². The van der Waals surface area contributed by atoms with Gasteiger partial charge in [-0.3, -0.25) is 9.69 Å². The van der Waals surface area contributed by atoms with Gasteiger partial charge in [-0.15, -0.1) is 6.58 Å². The lowest BCUT2D eigenvalue weighted by molar-refractivity contribution is 0.0738. The van der Waals surface area contributed by atoms with Crippen molar-refractivity contribution in [2.75, 3.05) is 36.4 Å². The summed E-state index contributed by atoms with van der Waals surface area (Å²) in [7, 11) is 0. The summed E-state index contributed by atoms with van der Waals surface area (Å²) in [4.78, 5) is 32.0. The third-order valence-corrected chi connectivity index (χ3v) is 7.42. The lowest BCUT2D eigenvalue weighted by Crippen LogP contribution is -2.47. The molecule has 6 rings (SSSR count). The molecule has 10 nitrogen and oxygen atoms in total. The molecule has 1 saturated heterocycles. The number of benzene rings is 1. The Balaban J connectivity index is 1.28. The zero-order valence-electron chi connectivity index (χ0n) is 22.4. The molecule has 0 radical (unpaired) electrons. The zero-order valence-corrected chi connectivity index (χ0v) is 22.4. The summed E-state index contributed by atoms with van der Waals surface area (Å²) in [5.41, 5.74) is 1.60. The maximum absolute atomic E-state index is 13.2. The smallest absolute Gasteiger partial charge is 0.278 e. The van der Waals surface area contributed by atoms with Gasteiger partial charge >= 0.3 is 0 Å². The normalized spacial score (nSPS) is 16.5. The van der Waals surface area contributed by atoms with E-state index in [9.17, 15) is 9.90 Å². The van der Waals surface area contributed by atoms with Gasteiger partial charge in [0.05, 0.1) is 12.2 Å². The van der Waals surface area contributed by atoms with Crippen molar-refractivity contribution in [3.63, 3.8) is 0 Å². The van der Waals surface area contributed by atoms with Crippen molar-refractivity contribution in [1.82, 2.24) is 29.2 Å². The molecule has 202 valence electrons. The minimum atomic E-state index is -1.14. The quantitative estimate of drug-likeness (QED) is 0.337. The number of rotatable bonds is 8. The van der Waals surface area contributed by atoms with Crippen molar-refractivity contribution in [3.8, 4) is 5.82 Å². The molecule has 10 heteroatoms. The van der Waals surface area contributed by atoms with Crippen LogP contribution < -0.4 is 15.8 Å². The van der Waals surface area contributed by atoms with Crippen LogP contribution in [0.2, 0.25) is 0 Å². The molecule has 1 aliphatic heterocycles. The zero-order chi connectivity index (χ0) is 27.1. The summed E-state index contributed by atoms with van der Waals surface area (Å²) in [6.45, 7) is 11.8. The number of fused-ring (bicyclic) bond motifs is 1. The molecular formula is C29H34N8O2. The van der Waals surface area contributed by atoms with Gasteiger partial charge in [0.1, 0.15) is 11.0 Å². The fourth-order valence-electron chi connectivity index (χ4n) is 5.16. The largest absolute Gasteiger partial charge is 0.384 e. The van der Waals surface area contributed by atoms with E-state index in [2.05, 4.69) is 43.8 Å². The van der Waals surface area contributed by atoms with Gasteiger partial charge in [0, 0.05) is 49.8 Å². The molecule has 1 saturated carbocycles. The van der Waals surface area contributed by atoms with Crippen LogP contribution in [0.15, 0.2) is 66.1 Å². The van der Waals surface area contributed by atoms with Crippen molar-refractivity contribution < 1.29 is 5.11 Å². The van der Waals surface area contributed by atoms with Crippen LogP contribution in [0.3, 0.4) is 0 Å². The Labute approximate surface area is 227 Å². The van der Waals surface area contributed by atoms with E-state index in [1.54, 1.807) is 42.8 Å². The maximum Gasteiger partial charge on any atom is 0.278 e. The molecule has 2 N–H and O–H groups in total. The molecule has 4 heterocycles. The maximum atomic E-state index is 13.2. The number of pyridine rings is 1. The highest BCUT2D eigenvalue weighted by Crippen LogP contribution is 2.29. The molecule has 2 fully saturated rings. The first-order valence-electron chi connectivity index (χ1n) is 13.5. The van der Waals surface area contributed by atoms with E-state index in [4.69, 9.17) is 4.98 Å². The number of hydrogen-bond acceptors (Lipinski definition) is 8. The second kappa shape index (κ2) is 9.94. The second-order valence-corrected chi connectivity index (χ2v) is 10.8. The monoisotopic (exact) mass is 526 g/mol. The van der Waals surface area contributed by atoms with E-state index in [0.29, 0.717) is 28.5 Å². The SMILES string of the molecule is C=CCn1c(=O)c2cnc(Nc3ccc(N4CCN(C5CC5)CC4)cc3)nc2n1-c1cccc(C(C)(C)O)n1. The third kappa shape index (κ3) is 5.05. The number of nitrogens with one attached hydrogen (secondary N) is 1. The Kier molecular flexibility index (Phi) is 6.44. The standard InChI is InChI=1S/C29H34N8O2/c1-4-14-36-27(38)23-19-30-28(33-26(23)37(36)25-7-5-6-24(32-25)29(2,3)39)31-20-8-10-21(11-9-20)34-15-17-35(18-16-34)22-12-13-22/h4-11,19,22,39H,1,12-18H2,2-3H3,(H,30,31,33). The highest BCUT2D eigenvalue weighted by molar-refractivity contribution is 5.77. The van der Waals surface area contributed by atoms with E-state index in [1.165, 1.54) is 29.4 Å². The molecule has 0 atom stereocenters. The predicted molar refractivity (Wildman–Crippen MR) is 153 cm³/mol. The molecule has 0 amide bonds. The summed E-state index contributed by atoms with van der Waals surface area (Å²) in [5.74, 6) is 0.843. The fourth-order valence-corrected chi connectivity index (χ4v) is 5.16. The summed E-state index contributed by atoms with van der Waals surface area (Å²) < 4.78 is 3.18. The van der Waals surface area contributed by atoms with Gasteiger partial charge in [-0.25, -0.2) is 19.3 Å². The number of anilines is 3. The molecule has 2 aliphatic rings. The summed E-state index contributed by atoms with van der Waals surface area (Å²) in [6.07, 6.45) is 5.90. The number of aromatic nitrogens is 5. The Hall–Kier alpha value is -4.02. The lowest BCUT2D eigenvalue weighted by Gasteiger charge is -2.36. The van der Waals surface area contributed by atoms with Crippen LogP contribution in [-0.2, 0) is 12.1 Å². The summed E-state index contributed by atoms with van der Waals surface area (Å²) in [6, 6.07) is 14.5. The van der Waals surface area contributed by atoms with E-state index in [-0.39, 0.29) is 12.1 Å². The van der Waals surface area contributed by atoms with Crippen LogP contribution in [0.1, 0.15) is 32.4 Å². The number of hydrogen-bond donors (Lipinski definition) is 2. The van der Waals surface area contributed by atoms with Crippen molar-refractivity contribution in [2.45, 2.75) is 44.9 Å². The third-order valence-electron chi connectivity index (χ3n) is 7.42. The first-order valence-corrected chi connectivity index (χ1v) is 13.5. The van der Waals surface area contributed by atoms with Crippen LogP contribution in [0.4, 0.5) is 17.3 Å². The van der Waals surface area contributed by atoms with Gasteiger partial charge in [-0.05, 0) is 63.1 Å². The van der Waals surface area contributed by atoms with Crippen LogP contribution in [0, 0.1) is 0 Å². The molecule has 0 spiro atoms. The van der Waals surface area contributed by atoms with Gasteiger partial charge in [0.2, 0.25) is 5.95 Å². The van der Waals surface area contributed by atoms with Crippen LogP contribution in [-0.4, -0.2) is 66.5 Å².